The number of carbonyl (C=O) groups is 1. The molecule has 0 N–H and O–H groups in total. The first-order chi connectivity index (χ1) is 13.0. The van der Waals surface area contributed by atoms with E-state index in [0.717, 1.165) is 11.3 Å². The minimum absolute atomic E-state index is 0.161. The van der Waals surface area contributed by atoms with Crippen molar-refractivity contribution in [1.82, 2.24) is 4.57 Å². The minimum atomic E-state index is -0.194. The first-order valence-corrected chi connectivity index (χ1v) is 9.26. The summed E-state index contributed by atoms with van der Waals surface area (Å²) < 4.78 is 1.49. The van der Waals surface area contributed by atoms with Crippen molar-refractivity contribution in [3.63, 3.8) is 0 Å². The molecule has 0 fully saturated rings. The third-order valence-electron chi connectivity index (χ3n) is 4.20. The molecule has 0 atom stereocenters. The summed E-state index contributed by atoms with van der Waals surface area (Å²) in [4.78, 5) is 26.9. The van der Waals surface area contributed by atoms with Gasteiger partial charge in [-0.1, -0.05) is 47.5 Å². The van der Waals surface area contributed by atoms with Crippen LogP contribution >= 0.6 is 23.2 Å². The Labute approximate surface area is 167 Å². The van der Waals surface area contributed by atoms with Crippen LogP contribution in [0.25, 0.3) is 0 Å². The third-order valence-corrected chi connectivity index (χ3v) is 4.94. The van der Waals surface area contributed by atoms with Crippen LogP contribution < -0.4 is 10.5 Å². The summed E-state index contributed by atoms with van der Waals surface area (Å²) in [7, 11) is 0. The van der Waals surface area contributed by atoms with E-state index in [2.05, 4.69) is 0 Å². The molecule has 0 aliphatic heterocycles. The summed E-state index contributed by atoms with van der Waals surface area (Å²) in [6.45, 7) is 2.74. The maximum atomic E-state index is 13.0. The van der Waals surface area contributed by atoms with Gasteiger partial charge in [0.15, 0.2) is 0 Å². The average molecular weight is 401 g/mol. The molecular formula is C21H18Cl2N2O2. The standard InChI is InChI=1S/C21H18Cl2N2O2/c1-2-25(17-6-4-3-5-7-17)21(27)16-9-11-20(26)24(14-16)13-15-8-10-18(22)19(23)12-15/h3-12,14H,2,13H2,1H3. The highest BCUT2D eigenvalue weighted by molar-refractivity contribution is 6.42. The molecule has 0 aliphatic rings. The van der Waals surface area contributed by atoms with Crippen molar-refractivity contribution in [2.75, 3.05) is 11.4 Å². The van der Waals surface area contributed by atoms with Crippen molar-refractivity contribution in [1.29, 1.82) is 0 Å². The number of rotatable bonds is 5. The molecule has 0 spiro atoms. The third kappa shape index (κ3) is 4.41. The average Bonchev–Trinajstić information content (AvgIpc) is 2.68. The van der Waals surface area contributed by atoms with Crippen LogP contribution in [0.1, 0.15) is 22.8 Å². The molecule has 6 heteroatoms. The molecule has 138 valence electrons. The number of halogens is 2. The normalized spacial score (nSPS) is 10.6. The number of nitrogens with zero attached hydrogens (tertiary/aromatic N) is 2. The Balaban J connectivity index is 1.91. The first-order valence-electron chi connectivity index (χ1n) is 8.51. The van der Waals surface area contributed by atoms with Crippen molar-refractivity contribution >= 4 is 34.8 Å². The van der Waals surface area contributed by atoms with Crippen LogP contribution in [0.3, 0.4) is 0 Å². The number of amides is 1. The summed E-state index contributed by atoms with van der Waals surface area (Å²) in [5.41, 5.74) is 1.89. The summed E-state index contributed by atoms with van der Waals surface area (Å²) in [5.74, 6) is -0.161. The number of pyridine rings is 1. The maximum absolute atomic E-state index is 13.0. The number of para-hydroxylation sites is 1. The Morgan fingerprint density at radius 1 is 1.00 bits per heavy atom. The predicted molar refractivity (Wildman–Crippen MR) is 110 cm³/mol. The van der Waals surface area contributed by atoms with Gasteiger partial charge in [-0.05, 0) is 42.8 Å². The fourth-order valence-corrected chi connectivity index (χ4v) is 3.14. The number of aromatic nitrogens is 1. The van der Waals surface area contributed by atoms with E-state index < -0.39 is 0 Å². The summed E-state index contributed by atoms with van der Waals surface area (Å²) in [5, 5.41) is 0.883. The molecule has 4 nitrogen and oxygen atoms in total. The molecule has 1 heterocycles. The van der Waals surface area contributed by atoms with Crippen molar-refractivity contribution in [3.8, 4) is 0 Å². The van der Waals surface area contributed by atoms with E-state index in [1.165, 1.54) is 10.6 Å². The fraction of sp³-hybridized carbons (Fsp3) is 0.143. The van der Waals surface area contributed by atoms with E-state index in [4.69, 9.17) is 23.2 Å². The summed E-state index contributed by atoms with van der Waals surface area (Å²) in [6, 6.07) is 17.6. The van der Waals surface area contributed by atoms with Gasteiger partial charge in [0.2, 0.25) is 0 Å². The molecule has 1 amide bonds. The van der Waals surface area contributed by atoms with E-state index in [9.17, 15) is 9.59 Å². The molecule has 0 radical (unpaired) electrons. The van der Waals surface area contributed by atoms with E-state index in [0.29, 0.717) is 28.7 Å². The maximum Gasteiger partial charge on any atom is 0.259 e. The molecule has 0 unspecified atom stereocenters. The highest BCUT2D eigenvalue weighted by Crippen LogP contribution is 2.23. The molecule has 0 bridgehead atoms. The molecule has 2 aromatic carbocycles. The second-order valence-electron chi connectivity index (χ2n) is 6.02. The highest BCUT2D eigenvalue weighted by atomic mass is 35.5. The molecule has 0 saturated heterocycles. The second kappa shape index (κ2) is 8.42. The Morgan fingerprint density at radius 3 is 2.41 bits per heavy atom. The van der Waals surface area contributed by atoms with Crippen LogP contribution in [0.4, 0.5) is 5.69 Å². The lowest BCUT2D eigenvalue weighted by molar-refractivity contribution is 0.0987. The van der Waals surface area contributed by atoms with Crippen molar-refractivity contribution in [2.45, 2.75) is 13.5 Å². The van der Waals surface area contributed by atoms with Crippen LogP contribution in [-0.4, -0.2) is 17.0 Å². The molecule has 27 heavy (non-hydrogen) atoms. The van der Waals surface area contributed by atoms with Crippen LogP contribution in [0.5, 0.6) is 0 Å². The van der Waals surface area contributed by atoms with Gasteiger partial charge in [0, 0.05) is 24.5 Å². The SMILES string of the molecule is CCN(C(=O)c1ccc(=O)n(Cc2ccc(Cl)c(Cl)c2)c1)c1ccccc1. The molecule has 3 rings (SSSR count). The Hall–Kier alpha value is -2.56. The number of benzene rings is 2. The molecule has 1 aromatic heterocycles. The Kier molecular flexibility index (Phi) is 5.99. The van der Waals surface area contributed by atoms with E-state index in [-0.39, 0.29) is 11.5 Å². The van der Waals surface area contributed by atoms with E-state index in [1.807, 2.05) is 37.3 Å². The minimum Gasteiger partial charge on any atom is -0.310 e. The molecule has 0 aliphatic carbocycles. The van der Waals surface area contributed by atoms with Crippen LogP contribution in [0.2, 0.25) is 10.0 Å². The van der Waals surface area contributed by atoms with Gasteiger partial charge in [0.05, 0.1) is 22.2 Å². The van der Waals surface area contributed by atoms with Crippen LogP contribution in [0.15, 0.2) is 71.7 Å². The second-order valence-corrected chi connectivity index (χ2v) is 6.83. The van der Waals surface area contributed by atoms with Crippen LogP contribution in [-0.2, 0) is 6.54 Å². The van der Waals surface area contributed by atoms with Gasteiger partial charge >= 0.3 is 0 Å². The largest absolute Gasteiger partial charge is 0.310 e. The summed E-state index contributed by atoms with van der Waals surface area (Å²) in [6.07, 6.45) is 1.58. The van der Waals surface area contributed by atoms with Gasteiger partial charge in [-0.15, -0.1) is 0 Å². The van der Waals surface area contributed by atoms with Gasteiger partial charge in [-0.25, -0.2) is 0 Å². The zero-order valence-corrected chi connectivity index (χ0v) is 16.2. The number of carbonyl (C=O) groups excluding carboxylic acids is 1. The lowest BCUT2D eigenvalue weighted by Gasteiger charge is -2.21. The number of hydrogen-bond donors (Lipinski definition) is 0. The lowest BCUT2D eigenvalue weighted by Crippen LogP contribution is -2.32. The predicted octanol–water partition coefficient (Wildman–Crippen LogP) is 4.87. The Morgan fingerprint density at radius 2 is 1.74 bits per heavy atom. The van der Waals surface area contributed by atoms with Gasteiger partial charge in [0.25, 0.3) is 11.5 Å². The molecular weight excluding hydrogens is 383 g/mol. The van der Waals surface area contributed by atoms with Gasteiger partial charge in [0.1, 0.15) is 0 Å². The zero-order valence-electron chi connectivity index (χ0n) is 14.7. The fourth-order valence-electron chi connectivity index (χ4n) is 2.82. The number of anilines is 1. The van der Waals surface area contributed by atoms with Crippen molar-refractivity contribution < 1.29 is 4.79 Å². The first kappa shape index (κ1) is 19.2. The van der Waals surface area contributed by atoms with Gasteiger partial charge in [-0.3, -0.25) is 9.59 Å². The Bertz CT molecular complexity index is 1020. The molecule has 0 saturated carbocycles. The van der Waals surface area contributed by atoms with Crippen molar-refractivity contribution in [3.05, 3.63) is 98.4 Å². The zero-order chi connectivity index (χ0) is 19.4. The topological polar surface area (TPSA) is 42.3 Å². The smallest absolute Gasteiger partial charge is 0.259 e. The summed E-state index contributed by atoms with van der Waals surface area (Å²) >= 11 is 12.0. The van der Waals surface area contributed by atoms with Gasteiger partial charge in [-0.2, -0.15) is 0 Å². The molecule has 3 aromatic rings. The quantitative estimate of drug-likeness (QED) is 0.612. The monoisotopic (exact) mass is 400 g/mol. The van der Waals surface area contributed by atoms with E-state index >= 15 is 0 Å². The van der Waals surface area contributed by atoms with E-state index in [1.54, 1.807) is 35.4 Å². The lowest BCUT2D eigenvalue weighted by atomic mass is 10.2. The highest BCUT2D eigenvalue weighted by Gasteiger charge is 2.17. The van der Waals surface area contributed by atoms with Crippen molar-refractivity contribution in [2.24, 2.45) is 0 Å². The van der Waals surface area contributed by atoms with Gasteiger partial charge < -0.3 is 9.47 Å². The number of hydrogen-bond acceptors (Lipinski definition) is 2. The van der Waals surface area contributed by atoms with Crippen LogP contribution in [0, 0.1) is 0 Å².